The summed E-state index contributed by atoms with van der Waals surface area (Å²) in [4.78, 5) is 44.8. The summed E-state index contributed by atoms with van der Waals surface area (Å²) in [5.74, 6) is -8.15. The van der Waals surface area contributed by atoms with E-state index in [0.717, 1.165) is 30.3 Å². The molecule has 1 heterocycles. The molecule has 2 aliphatic rings. The van der Waals surface area contributed by atoms with Gasteiger partial charge in [-0.05, 0) is 147 Å². The van der Waals surface area contributed by atoms with E-state index in [1.54, 1.807) is 0 Å². The first kappa shape index (κ1) is 86.9. The molecule has 438 valence electrons. The van der Waals surface area contributed by atoms with Crippen LogP contribution in [0.25, 0.3) is 33.4 Å². The van der Waals surface area contributed by atoms with E-state index in [1.807, 2.05) is 0 Å². The number of hydrogen-bond acceptors (Lipinski definition) is 23. The number of aryl methyl sites for hydroxylation is 4. The van der Waals surface area contributed by atoms with Crippen LogP contribution in [0.15, 0.2) is 126 Å². The van der Waals surface area contributed by atoms with Gasteiger partial charge in [0.15, 0.2) is 0 Å². The van der Waals surface area contributed by atoms with Crippen molar-refractivity contribution in [2.24, 2.45) is 0 Å². The number of hydrogen-bond donors (Lipinski definition) is 4. The SMILES string of the molecule is Cc1cc(C)c(NS(=O)(=O)c2cc(C(=O)[O-])cc(C(=O)[O-])c2)c(C)c1Nc1cc2oc3cc(=[NH+]c4c(C)cc(C)c(NS(=O)(=O)c5cc(C(=O)[O-])cc(C(=O)[O-])c5)c4C)c(S(=O)(=O)[O-])cc-3c(-c3ccccc3S(=O)(=O)[O-])c2cc1S(=O)(=O)[O-].[Na+].[Na+].[Na+].[Na+].[Na+].[Na+].[Na+]. The second kappa shape index (κ2) is 33.0. The van der Waals surface area contributed by atoms with Crippen molar-refractivity contribution in [3.05, 3.63) is 158 Å². The van der Waals surface area contributed by atoms with Gasteiger partial charge in [0.1, 0.15) is 46.6 Å². The Morgan fingerprint density at radius 2 is 0.846 bits per heavy atom. The number of benzene rings is 7. The summed E-state index contributed by atoms with van der Waals surface area (Å²) in [6.45, 7) is 8.53. The first-order valence-corrected chi connectivity index (χ1v) is 30.8. The van der Waals surface area contributed by atoms with E-state index in [-0.39, 0.29) is 263 Å². The molecule has 0 spiro atoms. The molecule has 8 rings (SSSR count). The van der Waals surface area contributed by atoms with Crippen LogP contribution < -0.4 is 252 Å². The zero-order chi connectivity index (χ0) is 62.2. The summed E-state index contributed by atoms with van der Waals surface area (Å²) in [6.07, 6.45) is 0. The number of fused-ring (bicyclic) bond motifs is 2. The second-order valence-corrected chi connectivity index (χ2v) is 26.3. The summed E-state index contributed by atoms with van der Waals surface area (Å²) in [7, 11) is -26.6. The van der Waals surface area contributed by atoms with Crippen LogP contribution in [0.2, 0.25) is 0 Å². The van der Waals surface area contributed by atoms with Crippen LogP contribution in [0.5, 0.6) is 0 Å². The molecule has 6 aromatic rings. The van der Waals surface area contributed by atoms with Crippen molar-refractivity contribution in [1.82, 2.24) is 0 Å². The van der Waals surface area contributed by atoms with E-state index in [2.05, 4.69) is 19.8 Å². The van der Waals surface area contributed by atoms with E-state index in [1.165, 1.54) is 59.7 Å². The van der Waals surface area contributed by atoms with Crippen LogP contribution in [0, 0.1) is 41.5 Å². The number of carbonyl (C=O) groups is 4. The van der Waals surface area contributed by atoms with Gasteiger partial charge in [0.25, 0.3) is 20.0 Å². The summed E-state index contributed by atoms with van der Waals surface area (Å²) >= 11 is 0. The Bertz CT molecular complexity index is 4870. The van der Waals surface area contributed by atoms with Crippen molar-refractivity contribution in [3.63, 3.8) is 0 Å². The fourth-order valence-electron chi connectivity index (χ4n) is 9.44. The summed E-state index contributed by atoms with van der Waals surface area (Å²) in [5, 5.41) is 48.6. The maximum absolute atomic E-state index is 13.8. The number of aromatic carboxylic acids is 4. The quantitative estimate of drug-likeness (QED) is 0.0374. The van der Waals surface area contributed by atoms with Crippen molar-refractivity contribution >= 4 is 114 Å². The number of carbonyl (C=O) groups excluding carboxylic acids is 4. The maximum Gasteiger partial charge on any atom is 1.00 e. The van der Waals surface area contributed by atoms with Crippen molar-refractivity contribution in [3.8, 4) is 22.5 Å². The van der Waals surface area contributed by atoms with Crippen molar-refractivity contribution in [2.45, 2.75) is 66.0 Å². The first-order valence-electron chi connectivity index (χ1n) is 23.6. The van der Waals surface area contributed by atoms with Gasteiger partial charge in [-0.3, -0.25) is 9.44 Å². The van der Waals surface area contributed by atoms with Crippen LogP contribution in [-0.2, 0) is 50.4 Å². The van der Waals surface area contributed by atoms with Gasteiger partial charge in [0.05, 0.1) is 66.6 Å². The molecule has 6 aromatic carbocycles. The Balaban J connectivity index is 0.00000591. The van der Waals surface area contributed by atoms with Crippen LogP contribution in [0.1, 0.15) is 74.8 Å². The minimum Gasteiger partial charge on any atom is -0.744 e. The van der Waals surface area contributed by atoms with E-state index in [0.29, 0.717) is 48.5 Å². The molecular weight excluding hydrogens is 1370 g/mol. The molecule has 38 heteroatoms. The zero-order valence-electron chi connectivity index (χ0n) is 50.8. The van der Waals surface area contributed by atoms with Gasteiger partial charge < -0.3 is 63.0 Å². The smallest absolute Gasteiger partial charge is 0.744 e. The Morgan fingerprint density at radius 3 is 1.27 bits per heavy atom. The monoisotopic (exact) mass is 1400 g/mol. The predicted octanol–water partition coefficient (Wildman–Crippen LogP) is -21.1. The summed E-state index contributed by atoms with van der Waals surface area (Å²) in [5.41, 5.74) is -5.56. The Hall–Kier alpha value is -2.08. The van der Waals surface area contributed by atoms with E-state index < -0.39 is 165 Å². The van der Waals surface area contributed by atoms with E-state index in [9.17, 15) is 95.4 Å². The number of carboxylic acids is 4. The molecule has 0 saturated heterocycles. The van der Waals surface area contributed by atoms with Gasteiger partial charge in [0, 0.05) is 45.0 Å². The average molecular weight is 1400 g/mol. The molecule has 0 radical (unpaired) electrons. The van der Waals surface area contributed by atoms with Gasteiger partial charge in [0.2, 0.25) is 11.0 Å². The molecule has 0 bridgehead atoms. The Kier molecular flexibility index (Phi) is 31.5. The van der Waals surface area contributed by atoms with Crippen molar-refractivity contribution in [1.29, 1.82) is 0 Å². The number of rotatable bonds is 17. The average Bonchev–Trinajstić information content (AvgIpc) is 0.742. The fraction of sp³-hybridized carbons (Fsp3) is 0.113. The van der Waals surface area contributed by atoms with Gasteiger partial charge in [-0.2, -0.15) is 0 Å². The minimum absolute atomic E-state index is 0. The van der Waals surface area contributed by atoms with Crippen LogP contribution in [-0.4, -0.2) is 79.6 Å². The molecular formula is C53H38N4Na7O22S5+. The summed E-state index contributed by atoms with van der Waals surface area (Å²) < 4.78 is 185. The van der Waals surface area contributed by atoms with E-state index >= 15 is 0 Å². The molecule has 0 fully saturated rings. The molecule has 0 atom stereocenters. The van der Waals surface area contributed by atoms with Crippen molar-refractivity contribution in [2.75, 3.05) is 14.8 Å². The number of anilines is 4. The standard InChI is InChI=1S/C53H44N4O22S5.7Na/c1-23-11-25(3)48(56-80(66,67)33-15-29(50(58)59)13-30(16-33)51(60)61)27(5)46(23)54-38-21-40-36(19-43(38)83(73,74)75)45(35-9-7-8-10-42(35)82(70,71)72)37-20-44(84(76,77)78)39(22-41(37)79-40)55-47-24(2)12-26(4)49(28(47)6)57-81(68,69)34-17-31(52(62)63)14-32(18-34)53(64)65;;;;;;;/h7-22,54,56-57H,1-6H3,(H,58,59)(H,60,61)(H,62,63)(H,64,65)(H,70,71,72)(H,73,74,75)(H,76,77,78);;;;;;;/q;7*+1/p-6. The molecule has 0 unspecified atom stereocenters. The third kappa shape index (κ3) is 19.0. The number of nitrogens with one attached hydrogen (secondary N) is 4. The van der Waals surface area contributed by atoms with Gasteiger partial charge in [-0.25, -0.2) is 47.1 Å². The van der Waals surface area contributed by atoms with Gasteiger partial charge in [-0.15, -0.1) is 0 Å². The topological polar surface area (TPSA) is 464 Å². The summed E-state index contributed by atoms with van der Waals surface area (Å²) in [6, 6.07) is 14.1. The molecule has 0 amide bonds. The first-order chi connectivity index (χ1) is 38.8. The van der Waals surface area contributed by atoms with Crippen molar-refractivity contribution < 1.29 is 312 Å². The zero-order valence-corrected chi connectivity index (χ0v) is 68.8. The van der Waals surface area contributed by atoms with Crippen LogP contribution in [0.3, 0.4) is 0 Å². The molecule has 0 aromatic heterocycles. The predicted molar refractivity (Wildman–Crippen MR) is 282 cm³/mol. The largest absolute Gasteiger partial charge is 1.00 e. The maximum atomic E-state index is 13.8. The van der Waals surface area contributed by atoms with Gasteiger partial charge >= 0.3 is 207 Å². The number of carboxylic acid groups (broad SMARTS) is 4. The Morgan fingerprint density at radius 1 is 0.440 bits per heavy atom. The van der Waals surface area contributed by atoms with Crippen LogP contribution >= 0.6 is 0 Å². The van der Waals surface area contributed by atoms with Crippen LogP contribution in [0.4, 0.5) is 28.4 Å². The van der Waals surface area contributed by atoms with Gasteiger partial charge in [-0.1, -0.05) is 24.3 Å². The molecule has 4 N–H and O–H groups in total. The third-order valence-electron chi connectivity index (χ3n) is 13.2. The Labute approximate surface area is 676 Å². The molecule has 1 aliphatic carbocycles. The molecule has 26 nitrogen and oxygen atoms in total. The third-order valence-corrected chi connectivity index (χ3v) is 18.5. The molecule has 1 aliphatic heterocycles. The minimum atomic E-state index is -5.70. The number of sulfonamides is 2. The molecule has 0 saturated carbocycles. The molecule has 91 heavy (non-hydrogen) atoms. The fourth-order valence-corrected chi connectivity index (χ4v) is 13.9. The second-order valence-electron chi connectivity index (χ2n) is 18.9. The normalized spacial score (nSPS) is 11.6. The van der Waals surface area contributed by atoms with E-state index in [4.69, 9.17) is 4.42 Å².